The van der Waals surface area contributed by atoms with Crippen molar-refractivity contribution in [1.82, 2.24) is 14.3 Å². The number of nitrogens with one attached hydrogen (secondary N) is 1. The molecule has 0 aliphatic carbocycles. The van der Waals surface area contributed by atoms with Gasteiger partial charge in [0.2, 0.25) is 5.91 Å². The van der Waals surface area contributed by atoms with Gasteiger partial charge in [0.1, 0.15) is 18.9 Å². The number of carbonyl (C=O) groups is 1. The summed E-state index contributed by atoms with van der Waals surface area (Å²) in [5, 5.41) is 7.62. The molecule has 8 heteroatoms. The van der Waals surface area contributed by atoms with Gasteiger partial charge in [0, 0.05) is 10.2 Å². The van der Waals surface area contributed by atoms with Crippen molar-refractivity contribution in [2.24, 2.45) is 0 Å². The molecule has 1 N–H and O–H groups in total. The fraction of sp³-hybridized carbons (Fsp3) is 0.192. The van der Waals surface area contributed by atoms with E-state index in [-0.39, 0.29) is 19.1 Å². The molecular formula is C26H25BrN4O2S. The lowest BCUT2D eigenvalue weighted by Gasteiger charge is -2.09. The maximum absolute atomic E-state index is 12.8. The lowest BCUT2D eigenvalue weighted by Crippen LogP contribution is -2.20. The van der Waals surface area contributed by atoms with E-state index in [1.54, 1.807) is 4.68 Å². The molecule has 0 aliphatic heterocycles. The van der Waals surface area contributed by atoms with Crippen LogP contribution in [0.3, 0.4) is 0 Å². The van der Waals surface area contributed by atoms with Crippen LogP contribution in [0.1, 0.15) is 22.5 Å². The van der Waals surface area contributed by atoms with Gasteiger partial charge in [-0.05, 0) is 73.1 Å². The maximum atomic E-state index is 12.8. The Morgan fingerprint density at radius 3 is 2.53 bits per heavy atom. The van der Waals surface area contributed by atoms with Crippen molar-refractivity contribution in [3.8, 4) is 5.75 Å². The normalized spacial score (nSPS) is 10.8. The molecule has 0 fully saturated rings. The molecule has 0 spiro atoms. The lowest BCUT2D eigenvalue weighted by molar-refractivity contribution is -0.116. The highest BCUT2D eigenvalue weighted by Crippen LogP contribution is 2.19. The molecule has 3 aromatic carbocycles. The number of hydrogen-bond acceptors (Lipinski definition) is 4. The summed E-state index contributed by atoms with van der Waals surface area (Å²) in [6.45, 7) is 4.74. The first kappa shape index (κ1) is 23.9. The highest BCUT2D eigenvalue weighted by Gasteiger charge is 2.15. The Morgan fingerprint density at radius 2 is 1.79 bits per heavy atom. The molecule has 4 aromatic rings. The van der Waals surface area contributed by atoms with Crippen molar-refractivity contribution in [2.75, 3.05) is 5.32 Å². The molecular weight excluding hydrogens is 512 g/mol. The number of hydrogen-bond donors (Lipinski definition) is 1. The van der Waals surface area contributed by atoms with Gasteiger partial charge in [-0.15, -0.1) is 0 Å². The molecule has 34 heavy (non-hydrogen) atoms. The van der Waals surface area contributed by atoms with Gasteiger partial charge >= 0.3 is 0 Å². The number of aryl methyl sites for hydroxylation is 2. The predicted molar refractivity (Wildman–Crippen MR) is 140 cm³/mol. The summed E-state index contributed by atoms with van der Waals surface area (Å²) in [6, 6.07) is 23.6. The number of nitrogens with zero attached hydrogens (tertiary/aromatic N) is 3. The van der Waals surface area contributed by atoms with Crippen molar-refractivity contribution < 1.29 is 9.53 Å². The van der Waals surface area contributed by atoms with Gasteiger partial charge in [0.05, 0.1) is 6.54 Å². The van der Waals surface area contributed by atoms with E-state index in [1.165, 1.54) is 0 Å². The standard InChI is InChI=1S/C26H25BrN4O2S/c1-18-8-9-19(2)23(14-18)28-25(32)16-31-26(34)30(15-20-6-4-3-5-7-20)24(29-31)17-33-22-12-10-21(27)11-13-22/h3-14H,15-17H2,1-2H3,(H,28,32). The molecule has 0 atom stereocenters. The third-order valence-corrected chi connectivity index (χ3v) is 6.28. The van der Waals surface area contributed by atoms with Crippen LogP contribution in [-0.2, 0) is 24.5 Å². The van der Waals surface area contributed by atoms with Gasteiger partial charge in [-0.2, -0.15) is 5.10 Å². The summed E-state index contributed by atoms with van der Waals surface area (Å²) in [4.78, 5) is 12.8. The van der Waals surface area contributed by atoms with E-state index in [2.05, 4.69) is 26.3 Å². The van der Waals surface area contributed by atoms with Crippen molar-refractivity contribution in [2.45, 2.75) is 33.5 Å². The lowest BCUT2D eigenvalue weighted by atomic mass is 10.1. The summed E-state index contributed by atoms with van der Waals surface area (Å²) >= 11 is 9.14. The smallest absolute Gasteiger partial charge is 0.246 e. The maximum Gasteiger partial charge on any atom is 0.246 e. The van der Waals surface area contributed by atoms with Crippen molar-refractivity contribution in [3.63, 3.8) is 0 Å². The molecule has 0 unspecified atom stereocenters. The van der Waals surface area contributed by atoms with E-state index in [0.717, 1.165) is 32.6 Å². The van der Waals surface area contributed by atoms with Gasteiger partial charge in [0.15, 0.2) is 10.6 Å². The Kier molecular flexibility index (Phi) is 7.59. The number of ether oxygens (including phenoxy) is 1. The fourth-order valence-electron chi connectivity index (χ4n) is 3.50. The monoisotopic (exact) mass is 536 g/mol. The number of benzene rings is 3. The molecule has 1 amide bonds. The highest BCUT2D eigenvalue weighted by molar-refractivity contribution is 9.10. The minimum atomic E-state index is -0.186. The number of rotatable bonds is 8. The second-order valence-corrected chi connectivity index (χ2v) is 9.32. The molecule has 0 aliphatic rings. The van der Waals surface area contributed by atoms with E-state index < -0.39 is 0 Å². The molecule has 0 saturated carbocycles. The van der Waals surface area contributed by atoms with Crippen molar-refractivity contribution >= 4 is 39.7 Å². The Morgan fingerprint density at radius 1 is 1.06 bits per heavy atom. The van der Waals surface area contributed by atoms with E-state index in [9.17, 15) is 4.79 Å². The predicted octanol–water partition coefficient (Wildman–Crippen LogP) is 6.06. The molecule has 174 valence electrons. The van der Waals surface area contributed by atoms with Crippen LogP contribution in [0, 0.1) is 18.6 Å². The van der Waals surface area contributed by atoms with Gasteiger partial charge in [-0.1, -0.05) is 58.4 Å². The Balaban J connectivity index is 1.57. The average Bonchev–Trinajstić information content (AvgIpc) is 3.10. The zero-order chi connectivity index (χ0) is 24.1. The van der Waals surface area contributed by atoms with Gasteiger partial charge in [0.25, 0.3) is 0 Å². The first-order valence-electron chi connectivity index (χ1n) is 10.8. The zero-order valence-corrected chi connectivity index (χ0v) is 21.4. The quantitative estimate of drug-likeness (QED) is 0.278. The van der Waals surface area contributed by atoms with Crippen LogP contribution in [0.4, 0.5) is 5.69 Å². The first-order valence-corrected chi connectivity index (χ1v) is 12.0. The largest absolute Gasteiger partial charge is 0.486 e. The Labute approximate surface area is 212 Å². The summed E-state index contributed by atoms with van der Waals surface area (Å²) in [7, 11) is 0. The topological polar surface area (TPSA) is 61.1 Å². The van der Waals surface area contributed by atoms with Crippen LogP contribution < -0.4 is 10.1 Å². The summed E-state index contributed by atoms with van der Waals surface area (Å²) < 4.78 is 10.9. The van der Waals surface area contributed by atoms with Crippen molar-refractivity contribution in [3.05, 3.63) is 105 Å². The third kappa shape index (κ3) is 6.01. The minimum Gasteiger partial charge on any atom is -0.486 e. The first-order chi connectivity index (χ1) is 16.4. The highest BCUT2D eigenvalue weighted by atomic mass is 79.9. The van der Waals surface area contributed by atoms with Crippen LogP contribution >= 0.6 is 28.1 Å². The Bertz CT molecular complexity index is 1350. The number of aromatic nitrogens is 3. The number of carbonyl (C=O) groups excluding carboxylic acids is 1. The summed E-state index contributed by atoms with van der Waals surface area (Å²) in [5.41, 5.74) is 3.96. The van der Waals surface area contributed by atoms with E-state index in [4.69, 9.17) is 17.0 Å². The molecule has 6 nitrogen and oxygen atoms in total. The van der Waals surface area contributed by atoms with Crippen LogP contribution in [0.5, 0.6) is 5.75 Å². The van der Waals surface area contributed by atoms with Crippen LogP contribution in [0.2, 0.25) is 0 Å². The molecule has 1 aromatic heterocycles. The average molecular weight is 537 g/mol. The van der Waals surface area contributed by atoms with Crippen LogP contribution in [-0.4, -0.2) is 20.3 Å². The minimum absolute atomic E-state index is 0.0132. The molecule has 0 radical (unpaired) electrons. The van der Waals surface area contributed by atoms with Crippen LogP contribution in [0.25, 0.3) is 0 Å². The molecule has 1 heterocycles. The fourth-order valence-corrected chi connectivity index (χ4v) is 4.04. The van der Waals surface area contributed by atoms with Gasteiger partial charge < -0.3 is 10.1 Å². The van der Waals surface area contributed by atoms with Crippen molar-refractivity contribution in [1.29, 1.82) is 0 Å². The zero-order valence-electron chi connectivity index (χ0n) is 19.0. The third-order valence-electron chi connectivity index (χ3n) is 5.33. The number of halogens is 1. The SMILES string of the molecule is Cc1ccc(C)c(NC(=O)Cn2nc(COc3ccc(Br)cc3)n(Cc3ccccc3)c2=S)c1. The van der Waals surface area contributed by atoms with Gasteiger partial charge in [-0.25, -0.2) is 4.68 Å². The molecule has 0 saturated heterocycles. The van der Waals surface area contributed by atoms with E-state index >= 15 is 0 Å². The van der Waals surface area contributed by atoms with Crippen LogP contribution in [0.15, 0.2) is 77.3 Å². The van der Waals surface area contributed by atoms with E-state index in [0.29, 0.717) is 17.1 Å². The molecule has 0 bridgehead atoms. The number of amides is 1. The molecule has 4 rings (SSSR count). The summed E-state index contributed by atoms with van der Waals surface area (Å²) in [5.74, 6) is 1.19. The second kappa shape index (κ2) is 10.8. The summed E-state index contributed by atoms with van der Waals surface area (Å²) in [6.07, 6.45) is 0. The second-order valence-electron chi connectivity index (χ2n) is 8.04. The van der Waals surface area contributed by atoms with Gasteiger partial charge in [-0.3, -0.25) is 9.36 Å². The number of anilines is 1. The van der Waals surface area contributed by atoms with E-state index in [1.807, 2.05) is 91.2 Å². The Hall–Kier alpha value is -3.23.